The van der Waals surface area contributed by atoms with E-state index in [0.29, 0.717) is 0 Å². The lowest BCUT2D eigenvalue weighted by Crippen LogP contribution is -2.26. The van der Waals surface area contributed by atoms with Crippen molar-refractivity contribution in [3.8, 4) is 0 Å². The minimum absolute atomic E-state index is 0.749. The molecule has 0 aliphatic carbocycles. The molecule has 118 valence electrons. The van der Waals surface area contributed by atoms with Crippen LogP contribution in [-0.4, -0.2) is 28.0 Å². The molecule has 0 radical (unpaired) electrons. The van der Waals surface area contributed by atoms with Crippen molar-refractivity contribution in [2.45, 2.75) is 39.8 Å². The number of unbranched alkanes of at least 4 members (excludes halogenated alkanes) is 1. The first kappa shape index (κ1) is 16.6. The van der Waals surface area contributed by atoms with Crippen molar-refractivity contribution in [2.75, 3.05) is 13.1 Å². The number of rotatable bonds is 8. The van der Waals surface area contributed by atoms with Crippen molar-refractivity contribution in [1.82, 2.24) is 14.9 Å². The van der Waals surface area contributed by atoms with Crippen LogP contribution < -0.4 is 5.73 Å². The monoisotopic (exact) mass is 298 g/mol. The van der Waals surface area contributed by atoms with Crippen LogP contribution in [0.1, 0.15) is 35.4 Å². The lowest BCUT2D eigenvalue weighted by molar-refractivity contribution is 0.245. The fourth-order valence-corrected chi connectivity index (χ4v) is 2.54. The molecular formula is C18H26N4. The van der Waals surface area contributed by atoms with E-state index in [9.17, 15) is 0 Å². The van der Waals surface area contributed by atoms with Crippen molar-refractivity contribution in [3.63, 3.8) is 0 Å². The van der Waals surface area contributed by atoms with Gasteiger partial charge in [0.05, 0.1) is 11.4 Å². The van der Waals surface area contributed by atoms with Crippen LogP contribution in [0.5, 0.6) is 0 Å². The van der Waals surface area contributed by atoms with Crippen LogP contribution in [0.4, 0.5) is 0 Å². The van der Waals surface area contributed by atoms with Gasteiger partial charge in [-0.1, -0.05) is 12.1 Å². The third-order valence-electron chi connectivity index (χ3n) is 3.74. The summed E-state index contributed by atoms with van der Waals surface area (Å²) in [6.45, 7) is 7.68. The van der Waals surface area contributed by atoms with Crippen LogP contribution in [0.25, 0.3) is 0 Å². The van der Waals surface area contributed by atoms with Crippen molar-refractivity contribution >= 4 is 0 Å². The van der Waals surface area contributed by atoms with E-state index in [-0.39, 0.29) is 0 Å². The Kier molecular flexibility index (Phi) is 6.49. The molecule has 0 amide bonds. The Morgan fingerprint density at radius 1 is 1.09 bits per heavy atom. The predicted octanol–water partition coefficient (Wildman–Crippen LogP) is 2.83. The van der Waals surface area contributed by atoms with Crippen molar-refractivity contribution in [3.05, 3.63) is 59.2 Å². The minimum atomic E-state index is 0.749. The molecule has 0 unspecified atom stereocenters. The standard InChI is InChI=1S/C18H26N4/c1-15-11-16(2)18(21-12-15)14-22(10-6-4-8-19)13-17-7-3-5-9-20-17/h3,5,7,9,11-12H,4,6,8,10,13-14,19H2,1-2H3. The van der Waals surface area contributed by atoms with E-state index in [2.05, 4.69) is 40.8 Å². The molecule has 0 atom stereocenters. The zero-order valence-electron chi connectivity index (χ0n) is 13.6. The van der Waals surface area contributed by atoms with E-state index in [4.69, 9.17) is 5.73 Å². The molecule has 2 aromatic rings. The van der Waals surface area contributed by atoms with Gasteiger partial charge in [0.1, 0.15) is 0 Å². The van der Waals surface area contributed by atoms with Crippen LogP contribution in [0.3, 0.4) is 0 Å². The Morgan fingerprint density at radius 2 is 1.95 bits per heavy atom. The van der Waals surface area contributed by atoms with Crippen LogP contribution in [0.2, 0.25) is 0 Å². The molecule has 0 saturated heterocycles. The lowest BCUT2D eigenvalue weighted by Gasteiger charge is -2.22. The first-order valence-corrected chi connectivity index (χ1v) is 7.93. The van der Waals surface area contributed by atoms with E-state index in [1.807, 2.05) is 24.5 Å². The SMILES string of the molecule is Cc1cnc(CN(CCCCN)Cc2ccccn2)c(C)c1. The zero-order chi connectivity index (χ0) is 15.8. The summed E-state index contributed by atoms with van der Waals surface area (Å²) in [4.78, 5) is 11.4. The number of nitrogens with two attached hydrogens (primary N) is 1. The first-order chi connectivity index (χ1) is 10.7. The highest BCUT2D eigenvalue weighted by molar-refractivity contribution is 5.23. The van der Waals surface area contributed by atoms with Gasteiger partial charge in [-0.3, -0.25) is 14.9 Å². The second-order valence-electron chi connectivity index (χ2n) is 5.80. The van der Waals surface area contributed by atoms with Gasteiger partial charge < -0.3 is 5.73 Å². The quantitative estimate of drug-likeness (QED) is 0.761. The number of aryl methyl sites for hydroxylation is 2. The summed E-state index contributed by atoms with van der Waals surface area (Å²) in [6, 6.07) is 8.26. The molecule has 0 bridgehead atoms. The summed E-state index contributed by atoms with van der Waals surface area (Å²) in [6.07, 6.45) is 5.96. The maximum atomic E-state index is 5.62. The predicted molar refractivity (Wildman–Crippen MR) is 90.4 cm³/mol. The van der Waals surface area contributed by atoms with E-state index in [0.717, 1.165) is 50.4 Å². The summed E-state index contributed by atoms with van der Waals surface area (Å²) in [7, 11) is 0. The Hall–Kier alpha value is -1.78. The summed E-state index contributed by atoms with van der Waals surface area (Å²) >= 11 is 0. The third-order valence-corrected chi connectivity index (χ3v) is 3.74. The molecule has 0 fully saturated rings. The van der Waals surface area contributed by atoms with Gasteiger partial charge in [0.15, 0.2) is 0 Å². The molecule has 0 saturated carbocycles. The maximum Gasteiger partial charge on any atom is 0.0573 e. The van der Waals surface area contributed by atoms with E-state index in [1.54, 1.807) is 0 Å². The molecule has 2 N–H and O–H groups in total. The third kappa shape index (κ3) is 5.20. The average molecular weight is 298 g/mol. The molecule has 2 heterocycles. The molecule has 0 aromatic carbocycles. The van der Waals surface area contributed by atoms with E-state index in [1.165, 1.54) is 11.1 Å². The molecule has 4 heteroatoms. The van der Waals surface area contributed by atoms with Crippen LogP contribution >= 0.6 is 0 Å². The summed E-state index contributed by atoms with van der Waals surface area (Å²) in [5.74, 6) is 0. The van der Waals surface area contributed by atoms with Gasteiger partial charge in [-0.15, -0.1) is 0 Å². The highest BCUT2D eigenvalue weighted by Crippen LogP contribution is 2.13. The Labute approximate surface area is 133 Å². The van der Waals surface area contributed by atoms with Gasteiger partial charge >= 0.3 is 0 Å². The van der Waals surface area contributed by atoms with Gasteiger partial charge in [-0.2, -0.15) is 0 Å². The second kappa shape index (κ2) is 8.61. The largest absolute Gasteiger partial charge is 0.330 e. The van der Waals surface area contributed by atoms with Crippen LogP contribution in [0, 0.1) is 13.8 Å². The van der Waals surface area contributed by atoms with Crippen LogP contribution in [0.15, 0.2) is 36.7 Å². The van der Waals surface area contributed by atoms with Crippen molar-refractivity contribution in [2.24, 2.45) is 5.73 Å². The zero-order valence-corrected chi connectivity index (χ0v) is 13.6. The number of hydrogen-bond donors (Lipinski definition) is 1. The van der Waals surface area contributed by atoms with E-state index >= 15 is 0 Å². The Morgan fingerprint density at radius 3 is 2.64 bits per heavy atom. The minimum Gasteiger partial charge on any atom is -0.330 e. The van der Waals surface area contributed by atoms with Crippen molar-refractivity contribution < 1.29 is 0 Å². The highest BCUT2D eigenvalue weighted by Gasteiger charge is 2.10. The van der Waals surface area contributed by atoms with Crippen LogP contribution in [-0.2, 0) is 13.1 Å². The van der Waals surface area contributed by atoms with Gasteiger partial charge in [-0.05, 0) is 63.0 Å². The normalized spacial score (nSPS) is 11.1. The molecule has 0 spiro atoms. The lowest BCUT2D eigenvalue weighted by atomic mass is 10.1. The first-order valence-electron chi connectivity index (χ1n) is 7.93. The van der Waals surface area contributed by atoms with E-state index < -0.39 is 0 Å². The molecule has 22 heavy (non-hydrogen) atoms. The number of nitrogens with zero attached hydrogens (tertiary/aromatic N) is 3. The fraction of sp³-hybridized carbons (Fsp3) is 0.444. The molecule has 2 aromatic heterocycles. The fourth-order valence-electron chi connectivity index (χ4n) is 2.54. The maximum absolute atomic E-state index is 5.62. The highest BCUT2D eigenvalue weighted by atomic mass is 15.1. The smallest absolute Gasteiger partial charge is 0.0573 e. The number of pyridine rings is 2. The van der Waals surface area contributed by atoms with Gasteiger partial charge in [0.25, 0.3) is 0 Å². The molecular weight excluding hydrogens is 272 g/mol. The van der Waals surface area contributed by atoms with Gasteiger partial charge in [0, 0.05) is 25.5 Å². The molecule has 4 nitrogen and oxygen atoms in total. The summed E-state index contributed by atoms with van der Waals surface area (Å²) in [5, 5.41) is 0. The molecule has 2 rings (SSSR count). The second-order valence-corrected chi connectivity index (χ2v) is 5.80. The number of hydrogen-bond acceptors (Lipinski definition) is 4. The average Bonchev–Trinajstić information content (AvgIpc) is 2.51. The Bertz CT molecular complexity index is 569. The van der Waals surface area contributed by atoms with Gasteiger partial charge in [0.2, 0.25) is 0 Å². The Balaban J connectivity index is 2.06. The molecule has 0 aliphatic rings. The van der Waals surface area contributed by atoms with Gasteiger partial charge in [-0.25, -0.2) is 0 Å². The van der Waals surface area contributed by atoms with Crippen molar-refractivity contribution in [1.29, 1.82) is 0 Å². The molecule has 0 aliphatic heterocycles. The summed E-state index contributed by atoms with van der Waals surface area (Å²) in [5.41, 5.74) is 10.3. The summed E-state index contributed by atoms with van der Waals surface area (Å²) < 4.78 is 0. The number of aromatic nitrogens is 2. The topological polar surface area (TPSA) is 55.0 Å².